The SMILES string of the molecule is CCc1ccccc1-c1c(CC)ccc2oc3c4cc(-c5ccc(-c6c7ccccc7c(-c7cccc(-c8ccccc8)c7)c7ccccc67)c6ccccc56)ccc4ccc3c12. The highest BCUT2D eigenvalue weighted by molar-refractivity contribution is 6.25. The second-order valence-electron chi connectivity index (χ2n) is 16.8. The maximum Gasteiger partial charge on any atom is 0.143 e. The van der Waals surface area contributed by atoms with E-state index in [9.17, 15) is 0 Å². The standard InChI is InChI=1S/C62H44O/c1-3-39-17-8-9-22-47(39)59-40(4-2)32-36-57-61(59)55-33-31-42-29-30-44(38-56(42)62(55)63-57)46-34-35-54(49-24-11-10-23-48(46)49)60-52-27-14-12-25-50(52)58(51-26-13-15-28-53(51)60)45-21-16-20-43(37-45)41-18-6-5-7-19-41/h5-38H,3-4H2,1-2H3. The van der Waals surface area contributed by atoms with Crippen molar-refractivity contribution in [3.63, 3.8) is 0 Å². The van der Waals surface area contributed by atoms with Gasteiger partial charge in [0.1, 0.15) is 11.2 Å². The zero-order valence-electron chi connectivity index (χ0n) is 35.5. The van der Waals surface area contributed by atoms with Gasteiger partial charge in [-0.25, -0.2) is 0 Å². The molecule has 0 saturated heterocycles. The van der Waals surface area contributed by atoms with E-state index in [0.717, 1.165) is 29.4 Å². The Hall–Kier alpha value is -7.74. The summed E-state index contributed by atoms with van der Waals surface area (Å²) in [6.07, 6.45) is 1.93. The van der Waals surface area contributed by atoms with Crippen molar-refractivity contribution in [3.8, 4) is 55.6 Å². The van der Waals surface area contributed by atoms with Gasteiger partial charge in [-0.1, -0.05) is 196 Å². The van der Waals surface area contributed by atoms with Crippen LogP contribution in [0.5, 0.6) is 0 Å². The predicted octanol–water partition coefficient (Wildman–Crippen LogP) is 17.7. The van der Waals surface area contributed by atoms with Crippen molar-refractivity contribution >= 4 is 65.0 Å². The van der Waals surface area contributed by atoms with Crippen LogP contribution in [-0.2, 0) is 12.8 Å². The summed E-state index contributed by atoms with van der Waals surface area (Å²) in [7, 11) is 0. The number of rotatable bonds is 7. The first kappa shape index (κ1) is 37.1. The second-order valence-corrected chi connectivity index (χ2v) is 16.8. The average molecular weight is 805 g/mol. The Labute approximate surface area is 367 Å². The molecule has 1 heteroatoms. The Morgan fingerprint density at radius 1 is 0.317 bits per heavy atom. The second kappa shape index (κ2) is 15.0. The number of furan rings is 1. The summed E-state index contributed by atoms with van der Waals surface area (Å²) in [6.45, 7) is 4.50. The molecule has 0 unspecified atom stereocenters. The number of hydrogen-bond donors (Lipinski definition) is 0. The number of hydrogen-bond acceptors (Lipinski definition) is 1. The van der Waals surface area contributed by atoms with Crippen LogP contribution in [0.25, 0.3) is 121 Å². The third kappa shape index (κ3) is 5.92. The first-order chi connectivity index (χ1) is 31.2. The normalized spacial score (nSPS) is 11.8. The Bertz CT molecular complexity index is 3700. The molecule has 11 aromatic carbocycles. The Balaban J connectivity index is 1.05. The molecule has 12 aromatic rings. The van der Waals surface area contributed by atoms with Gasteiger partial charge in [-0.2, -0.15) is 0 Å². The molecule has 0 saturated carbocycles. The fraction of sp³-hybridized carbons (Fsp3) is 0.0645. The van der Waals surface area contributed by atoms with Crippen LogP contribution in [0.15, 0.2) is 211 Å². The van der Waals surface area contributed by atoms with E-state index in [4.69, 9.17) is 4.42 Å². The van der Waals surface area contributed by atoms with Gasteiger partial charge in [-0.3, -0.25) is 0 Å². The van der Waals surface area contributed by atoms with E-state index in [1.165, 1.54) is 115 Å². The molecular formula is C62H44O. The lowest BCUT2D eigenvalue weighted by Crippen LogP contribution is -1.93. The summed E-state index contributed by atoms with van der Waals surface area (Å²) < 4.78 is 6.91. The van der Waals surface area contributed by atoms with Crippen molar-refractivity contribution in [2.45, 2.75) is 26.7 Å². The van der Waals surface area contributed by atoms with E-state index in [1.807, 2.05) is 0 Å². The van der Waals surface area contributed by atoms with Crippen LogP contribution in [-0.4, -0.2) is 0 Å². The molecule has 0 amide bonds. The van der Waals surface area contributed by atoms with Crippen molar-refractivity contribution in [1.82, 2.24) is 0 Å². The molecule has 0 aliphatic rings. The summed E-state index contributed by atoms with van der Waals surface area (Å²) in [6, 6.07) is 76.0. The third-order valence-corrected chi connectivity index (χ3v) is 13.4. The molecule has 63 heavy (non-hydrogen) atoms. The predicted molar refractivity (Wildman–Crippen MR) is 270 cm³/mol. The topological polar surface area (TPSA) is 13.1 Å². The Morgan fingerprint density at radius 2 is 0.905 bits per heavy atom. The largest absolute Gasteiger partial charge is 0.455 e. The molecule has 0 aliphatic carbocycles. The smallest absolute Gasteiger partial charge is 0.143 e. The van der Waals surface area contributed by atoms with Crippen molar-refractivity contribution in [2.24, 2.45) is 0 Å². The zero-order valence-corrected chi connectivity index (χ0v) is 35.5. The van der Waals surface area contributed by atoms with Crippen LogP contribution in [0, 0.1) is 0 Å². The van der Waals surface area contributed by atoms with Crippen LogP contribution in [0.4, 0.5) is 0 Å². The average Bonchev–Trinajstić information content (AvgIpc) is 3.74. The number of aryl methyl sites for hydroxylation is 2. The van der Waals surface area contributed by atoms with Crippen LogP contribution in [0.1, 0.15) is 25.0 Å². The molecule has 298 valence electrons. The van der Waals surface area contributed by atoms with Crippen molar-refractivity contribution in [1.29, 1.82) is 0 Å². The van der Waals surface area contributed by atoms with E-state index in [2.05, 4.69) is 220 Å². The lowest BCUT2D eigenvalue weighted by Gasteiger charge is -2.20. The summed E-state index contributed by atoms with van der Waals surface area (Å²) in [5, 5.41) is 12.1. The maximum absolute atomic E-state index is 6.91. The van der Waals surface area contributed by atoms with E-state index in [1.54, 1.807) is 0 Å². The van der Waals surface area contributed by atoms with E-state index >= 15 is 0 Å². The lowest BCUT2D eigenvalue weighted by molar-refractivity contribution is 0.672. The van der Waals surface area contributed by atoms with Crippen LogP contribution < -0.4 is 0 Å². The minimum absolute atomic E-state index is 0.935. The molecule has 1 nitrogen and oxygen atoms in total. The van der Waals surface area contributed by atoms with E-state index in [-0.39, 0.29) is 0 Å². The van der Waals surface area contributed by atoms with Gasteiger partial charge >= 0.3 is 0 Å². The van der Waals surface area contributed by atoms with Crippen molar-refractivity contribution in [2.75, 3.05) is 0 Å². The number of fused-ring (bicyclic) bond motifs is 8. The number of benzene rings is 11. The quantitative estimate of drug-likeness (QED) is 0.146. The molecule has 0 radical (unpaired) electrons. The summed E-state index contributed by atoms with van der Waals surface area (Å²) in [5.74, 6) is 0. The van der Waals surface area contributed by atoms with Gasteiger partial charge < -0.3 is 4.42 Å². The molecule has 0 atom stereocenters. The van der Waals surface area contributed by atoms with E-state index in [0.29, 0.717) is 0 Å². The molecule has 0 spiro atoms. The van der Waals surface area contributed by atoms with Gasteiger partial charge in [0.15, 0.2) is 0 Å². The van der Waals surface area contributed by atoms with Gasteiger partial charge in [0.25, 0.3) is 0 Å². The fourth-order valence-electron chi connectivity index (χ4n) is 10.5. The Kier molecular flexibility index (Phi) is 8.83. The highest BCUT2D eigenvalue weighted by Crippen LogP contribution is 2.48. The van der Waals surface area contributed by atoms with Gasteiger partial charge in [0.05, 0.1) is 0 Å². The van der Waals surface area contributed by atoms with Crippen LogP contribution in [0.3, 0.4) is 0 Å². The first-order valence-corrected chi connectivity index (χ1v) is 22.3. The van der Waals surface area contributed by atoms with Crippen molar-refractivity contribution < 1.29 is 4.42 Å². The van der Waals surface area contributed by atoms with E-state index < -0.39 is 0 Å². The molecule has 0 aliphatic heterocycles. The summed E-state index contributed by atoms with van der Waals surface area (Å²) in [4.78, 5) is 0. The lowest BCUT2D eigenvalue weighted by atomic mass is 9.83. The summed E-state index contributed by atoms with van der Waals surface area (Å²) in [5.41, 5.74) is 17.0. The molecule has 12 rings (SSSR count). The summed E-state index contributed by atoms with van der Waals surface area (Å²) >= 11 is 0. The highest BCUT2D eigenvalue weighted by Gasteiger charge is 2.22. The molecule has 1 heterocycles. The monoisotopic (exact) mass is 804 g/mol. The molecule has 0 fully saturated rings. The van der Waals surface area contributed by atoms with Gasteiger partial charge in [-0.05, 0) is 142 Å². The third-order valence-electron chi connectivity index (χ3n) is 13.4. The zero-order chi connectivity index (χ0) is 42.0. The van der Waals surface area contributed by atoms with Crippen molar-refractivity contribution in [3.05, 3.63) is 217 Å². The van der Waals surface area contributed by atoms with Gasteiger partial charge in [-0.15, -0.1) is 0 Å². The molecule has 0 N–H and O–H groups in total. The fourth-order valence-corrected chi connectivity index (χ4v) is 10.5. The minimum atomic E-state index is 0.935. The highest BCUT2D eigenvalue weighted by atomic mass is 16.3. The van der Waals surface area contributed by atoms with Crippen LogP contribution >= 0.6 is 0 Å². The maximum atomic E-state index is 6.91. The molecule has 1 aromatic heterocycles. The van der Waals surface area contributed by atoms with Gasteiger partial charge in [0, 0.05) is 16.2 Å². The molecular weight excluding hydrogens is 761 g/mol. The van der Waals surface area contributed by atoms with Gasteiger partial charge in [0.2, 0.25) is 0 Å². The van der Waals surface area contributed by atoms with Crippen LogP contribution in [0.2, 0.25) is 0 Å². The first-order valence-electron chi connectivity index (χ1n) is 22.3. The Morgan fingerprint density at radius 3 is 1.63 bits per heavy atom. The molecule has 0 bridgehead atoms. The minimum Gasteiger partial charge on any atom is -0.455 e.